The van der Waals surface area contributed by atoms with E-state index in [4.69, 9.17) is 0 Å². The molecule has 1 amide bonds. The van der Waals surface area contributed by atoms with E-state index in [9.17, 15) is 4.79 Å². The molecule has 1 saturated carbocycles. The SMILES string of the molecule is CCCN(C(=O)CCC1CCCNC1)C1CC1. The molecule has 1 saturated heterocycles. The summed E-state index contributed by atoms with van der Waals surface area (Å²) in [5, 5.41) is 3.42. The number of hydrogen-bond donors (Lipinski definition) is 1. The van der Waals surface area contributed by atoms with Crippen molar-refractivity contribution in [3.05, 3.63) is 0 Å². The monoisotopic (exact) mass is 238 g/mol. The van der Waals surface area contributed by atoms with Gasteiger partial charge in [0.15, 0.2) is 0 Å². The fraction of sp³-hybridized carbons (Fsp3) is 0.929. The zero-order chi connectivity index (χ0) is 12.1. The molecule has 0 spiro atoms. The van der Waals surface area contributed by atoms with Crippen LogP contribution in [0.15, 0.2) is 0 Å². The van der Waals surface area contributed by atoms with Crippen LogP contribution in [0.25, 0.3) is 0 Å². The highest BCUT2D eigenvalue weighted by atomic mass is 16.2. The van der Waals surface area contributed by atoms with E-state index in [1.54, 1.807) is 0 Å². The number of amides is 1. The number of rotatable bonds is 6. The molecule has 0 bridgehead atoms. The third-order valence-electron chi connectivity index (χ3n) is 3.94. The molecule has 1 heterocycles. The average Bonchev–Trinajstić information content (AvgIpc) is 3.18. The molecule has 0 aromatic rings. The van der Waals surface area contributed by atoms with Gasteiger partial charge in [-0.15, -0.1) is 0 Å². The quantitative estimate of drug-likeness (QED) is 0.769. The average molecular weight is 238 g/mol. The second-order valence-corrected chi connectivity index (χ2v) is 5.57. The molecular weight excluding hydrogens is 212 g/mol. The number of nitrogens with zero attached hydrogens (tertiary/aromatic N) is 1. The van der Waals surface area contributed by atoms with Crippen molar-refractivity contribution < 1.29 is 4.79 Å². The Morgan fingerprint density at radius 3 is 2.76 bits per heavy atom. The van der Waals surface area contributed by atoms with Gasteiger partial charge in [-0.05, 0) is 57.5 Å². The van der Waals surface area contributed by atoms with Gasteiger partial charge < -0.3 is 10.2 Å². The number of nitrogens with one attached hydrogen (secondary N) is 1. The summed E-state index contributed by atoms with van der Waals surface area (Å²) in [5.74, 6) is 1.13. The summed E-state index contributed by atoms with van der Waals surface area (Å²) in [4.78, 5) is 14.3. The van der Waals surface area contributed by atoms with Crippen molar-refractivity contribution in [3.8, 4) is 0 Å². The maximum Gasteiger partial charge on any atom is 0.222 e. The second-order valence-electron chi connectivity index (χ2n) is 5.57. The van der Waals surface area contributed by atoms with Gasteiger partial charge in [0.2, 0.25) is 5.91 Å². The van der Waals surface area contributed by atoms with Crippen molar-refractivity contribution in [1.82, 2.24) is 10.2 Å². The van der Waals surface area contributed by atoms with Gasteiger partial charge >= 0.3 is 0 Å². The minimum absolute atomic E-state index is 0.403. The summed E-state index contributed by atoms with van der Waals surface area (Å²) in [6, 6.07) is 0.590. The summed E-state index contributed by atoms with van der Waals surface area (Å²) >= 11 is 0. The van der Waals surface area contributed by atoms with E-state index in [1.807, 2.05) is 0 Å². The minimum atomic E-state index is 0.403. The molecule has 3 heteroatoms. The number of carbonyl (C=O) groups is 1. The molecule has 1 unspecified atom stereocenters. The van der Waals surface area contributed by atoms with Crippen molar-refractivity contribution in [2.45, 2.75) is 57.9 Å². The lowest BCUT2D eigenvalue weighted by Crippen LogP contribution is -2.35. The van der Waals surface area contributed by atoms with Crippen LogP contribution >= 0.6 is 0 Å². The van der Waals surface area contributed by atoms with Gasteiger partial charge in [-0.3, -0.25) is 4.79 Å². The van der Waals surface area contributed by atoms with Gasteiger partial charge in [0, 0.05) is 19.0 Å². The van der Waals surface area contributed by atoms with E-state index in [0.29, 0.717) is 11.9 Å². The number of carbonyl (C=O) groups excluding carboxylic acids is 1. The van der Waals surface area contributed by atoms with Crippen LogP contribution in [0, 0.1) is 5.92 Å². The van der Waals surface area contributed by atoms with Crippen molar-refractivity contribution in [2.24, 2.45) is 5.92 Å². The maximum atomic E-state index is 12.2. The van der Waals surface area contributed by atoms with Crippen LogP contribution in [0.5, 0.6) is 0 Å². The Balaban J connectivity index is 1.70. The third-order valence-corrected chi connectivity index (χ3v) is 3.94. The fourth-order valence-corrected chi connectivity index (χ4v) is 2.78. The van der Waals surface area contributed by atoms with Gasteiger partial charge in [0.05, 0.1) is 0 Å². The molecule has 2 rings (SSSR count). The Morgan fingerprint density at radius 2 is 2.18 bits per heavy atom. The second kappa shape index (κ2) is 6.39. The van der Waals surface area contributed by atoms with Crippen molar-refractivity contribution >= 4 is 5.91 Å². The Kier molecular flexibility index (Phi) is 4.84. The van der Waals surface area contributed by atoms with E-state index in [1.165, 1.54) is 25.7 Å². The first kappa shape index (κ1) is 12.9. The smallest absolute Gasteiger partial charge is 0.222 e. The van der Waals surface area contributed by atoms with E-state index in [-0.39, 0.29) is 0 Å². The predicted molar refractivity (Wildman–Crippen MR) is 69.9 cm³/mol. The normalized spacial score (nSPS) is 24.6. The molecule has 1 aliphatic carbocycles. The van der Waals surface area contributed by atoms with Crippen LogP contribution in [-0.4, -0.2) is 36.5 Å². The van der Waals surface area contributed by atoms with Crippen LogP contribution in [0.3, 0.4) is 0 Å². The Labute approximate surface area is 105 Å². The van der Waals surface area contributed by atoms with Crippen LogP contribution in [-0.2, 0) is 4.79 Å². The maximum absolute atomic E-state index is 12.2. The summed E-state index contributed by atoms with van der Waals surface area (Å²) in [6.45, 7) is 5.40. The van der Waals surface area contributed by atoms with Crippen molar-refractivity contribution in [3.63, 3.8) is 0 Å². The molecule has 1 atom stereocenters. The van der Waals surface area contributed by atoms with Gasteiger partial charge in [0.1, 0.15) is 0 Å². The van der Waals surface area contributed by atoms with E-state index >= 15 is 0 Å². The Bertz CT molecular complexity index is 245. The van der Waals surface area contributed by atoms with E-state index in [0.717, 1.165) is 44.8 Å². The molecule has 98 valence electrons. The Morgan fingerprint density at radius 1 is 1.35 bits per heavy atom. The van der Waals surface area contributed by atoms with Crippen LogP contribution in [0.2, 0.25) is 0 Å². The molecule has 1 aliphatic heterocycles. The molecule has 2 fully saturated rings. The fourth-order valence-electron chi connectivity index (χ4n) is 2.78. The molecule has 1 N–H and O–H groups in total. The summed E-state index contributed by atoms with van der Waals surface area (Å²) in [7, 11) is 0. The Hall–Kier alpha value is -0.570. The van der Waals surface area contributed by atoms with E-state index in [2.05, 4.69) is 17.1 Å². The molecule has 17 heavy (non-hydrogen) atoms. The van der Waals surface area contributed by atoms with E-state index < -0.39 is 0 Å². The molecular formula is C14H26N2O. The highest BCUT2D eigenvalue weighted by molar-refractivity contribution is 5.76. The zero-order valence-electron chi connectivity index (χ0n) is 11.1. The van der Waals surface area contributed by atoms with Crippen LogP contribution in [0.4, 0.5) is 0 Å². The minimum Gasteiger partial charge on any atom is -0.340 e. The first-order valence-electron chi connectivity index (χ1n) is 7.31. The van der Waals surface area contributed by atoms with Crippen molar-refractivity contribution in [2.75, 3.05) is 19.6 Å². The summed E-state index contributed by atoms with van der Waals surface area (Å²) < 4.78 is 0. The van der Waals surface area contributed by atoms with Crippen LogP contribution in [0.1, 0.15) is 51.9 Å². The molecule has 0 aromatic carbocycles. The van der Waals surface area contributed by atoms with Gasteiger partial charge in [-0.2, -0.15) is 0 Å². The van der Waals surface area contributed by atoms with Crippen molar-refractivity contribution in [1.29, 1.82) is 0 Å². The largest absolute Gasteiger partial charge is 0.340 e. The highest BCUT2D eigenvalue weighted by Gasteiger charge is 2.31. The lowest BCUT2D eigenvalue weighted by molar-refractivity contribution is -0.132. The summed E-state index contributed by atoms with van der Waals surface area (Å²) in [5.41, 5.74) is 0. The van der Waals surface area contributed by atoms with Gasteiger partial charge in [-0.1, -0.05) is 6.92 Å². The number of hydrogen-bond acceptors (Lipinski definition) is 2. The van der Waals surface area contributed by atoms with Gasteiger partial charge in [-0.25, -0.2) is 0 Å². The topological polar surface area (TPSA) is 32.3 Å². The molecule has 0 aromatic heterocycles. The standard InChI is InChI=1S/C14H26N2O/c1-2-10-16(13-6-7-13)14(17)8-5-12-4-3-9-15-11-12/h12-13,15H,2-11H2,1H3. The number of piperidine rings is 1. The molecule has 0 radical (unpaired) electrons. The predicted octanol–water partition coefficient (Wildman–Crippen LogP) is 2.17. The third kappa shape index (κ3) is 3.98. The first-order chi connectivity index (χ1) is 8.31. The first-order valence-corrected chi connectivity index (χ1v) is 7.31. The lowest BCUT2D eigenvalue weighted by atomic mass is 9.94. The van der Waals surface area contributed by atoms with Gasteiger partial charge in [0.25, 0.3) is 0 Å². The molecule has 3 nitrogen and oxygen atoms in total. The highest BCUT2D eigenvalue weighted by Crippen LogP contribution is 2.28. The zero-order valence-corrected chi connectivity index (χ0v) is 11.1. The van der Waals surface area contributed by atoms with Crippen LogP contribution < -0.4 is 5.32 Å². The summed E-state index contributed by atoms with van der Waals surface area (Å²) in [6.07, 6.45) is 7.99. The lowest BCUT2D eigenvalue weighted by Gasteiger charge is -2.25. The molecule has 2 aliphatic rings.